The Kier molecular flexibility index (Phi) is 3.72. The fourth-order valence-corrected chi connectivity index (χ4v) is 1.72. The lowest BCUT2D eigenvalue weighted by Gasteiger charge is -2.03. The lowest BCUT2D eigenvalue weighted by atomic mass is 10.0. The van der Waals surface area contributed by atoms with Crippen molar-refractivity contribution in [2.45, 2.75) is 6.42 Å². The minimum atomic E-state index is -0.972. The van der Waals surface area contributed by atoms with E-state index in [4.69, 9.17) is 11.6 Å². The Morgan fingerprint density at radius 2 is 1.72 bits per heavy atom. The van der Waals surface area contributed by atoms with Crippen LogP contribution in [-0.2, 0) is 6.42 Å². The molecule has 0 aliphatic rings. The van der Waals surface area contributed by atoms with E-state index in [-0.39, 0.29) is 17.8 Å². The van der Waals surface area contributed by atoms with Crippen molar-refractivity contribution in [2.24, 2.45) is 0 Å². The van der Waals surface area contributed by atoms with Gasteiger partial charge in [0.1, 0.15) is 0 Å². The molecule has 0 N–H and O–H groups in total. The van der Waals surface area contributed by atoms with Crippen molar-refractivity contribution >= 4 is 17.4 Å². The normalized spacial score (nSPS) is 10.4. The Labute approximate surface area is 108 Å². The molecule has 0 unspecified atom stereocenters. The quantitative estimate of drug-likeness (QED) is 0.766. The van der Waals surface area contributed by atoms with Gasteiger partial charge in [-0.2, -0.15) is 0 Å². The van der Waals surface area contributed by atoms with E-state index in [2.05, 4.69) is 0 Å². The predicted molar refractivity (Wildman–Crippen MR) is 65.8 cm³/mol. The maximum atomic E-state index is 13.4. The van der Waals surface area contributed by atoms with E-state index in [0.717, 1.165) is 6.07 Å². The summed E-state index contributed by atoms with van der Waals surface area (Å²) in [5.41, 5.74) is 0.470. The lowest BCUT2D eigenvalue weighted by Crippen LogP contribution is -2.06. The van der Waals surface area contributed by atoms with Crippen LogP contribution in [-0.4, -0.2) is 5.78 Å². The molecule has 2 rings (SSSR count). The molecule has 2 aromatic rings. The molecule has 0 heterocycles. The third kappa shape index (κ3) is 2.74. The first-order chi connectivity index (χ1) is 8.58. The molecule has 1 nitrogen and oxygen atoms in total. The van der Waals surface area contributed by atoms with Gasteiger partial charge in [0.05, 0.1) is 0 Å². The number of carbonyl (C=O) groups excluding carboxylic acids is 1. The number of rotatable bonds is 3. The summed E-state index contributed by atoms with van der Waals surface area (Å²) in [6, 6.07) is 10.1. The van der Waals surface area contributed by atoms with E-state index in [0.29, 0.717) is 10.6 Å². The van der Waals surface area contributed by atoms with E-state index in [1.165, 1.54) is 12.1 Å². The molecule has 0 bridgehead atoms. The van der Waals surface area contributed by atoms with Crippen LogP contribution < -0.4 is 0 Å². The van der Waals surface area contributed by atoms with Gasteiger partial charge in [0.15, 0.2) is 17.4 Å². The third-order valence-electron chi connectivity index (χ3n) is 2.55. The molecule has 0 saturated carbocycles. The van der Waals surface area contributed by atoms with Crippen molar-refractivity contribution in [3.05, 3.63) is 70.2 Å². The average molecular weight is 267 g/mol. The van der Waals surface area contributed by atoms with Crippen LogP contribution in [0, 0.1) is 11.6 Å². The first-order valence-corrected chi connectivity index (χ1v) is 5.67. The van der Waals surface area contributed by atoms with Crippen molar-refractivity contribution in [3.63, 3.8) is 0 Å². The summed E-state index contributed by atoms with van der Waals surface area (Å²) in [6.45, 7) is 0. The Balaban J connectivity index is 2.21. The highest BCUT2D eigenvalue weighted by Crippen LogP contribution is 2.15. The predicted octanol–water partition coefficient (Wildman–Crippen LogP) is 4.04. The van der Waals surface area contributed by atoms with Crippen LogP contribution in [0.15, 0.2) is 42.5 Å². The van der Waals surface area contributed by atoms with Gasteiger partial charge in [-0.1, -0.05) is 23.7 Å². The van der Waals surface area contributed by atoms with E-state index in [1.807, 2.05) is 0 Å². The van der Waals surface area contributed by atoms with Gasteiger partial charge in [-0.3, -0.25) is 4.79 Å². The number of hydrogen-bond donors (Lipinski definition) is 0. The highest BCUT2D eigenvalue weighted by atomic mass is 35.5. The molecule has 0 aliphatic heterocycles. The van der Waals surface area contributed by atoms with E-state index >= 15 is 0 Å². The third-order valence-corrected chi connectivity index (χ3v) is 2.80. The summed E-state index contributed by atoms with van der Waals surface area (Å²) in [5.74, 6) is -2.20. The van der Waals surface area contributed by atoms with Crippen molar-refractivity contribution in [1.82, 2.24) is 0 Å². The largest absolute Gasteiger partial charge is 0.294 e. The van der Waals surface area contributed by atoms with Gasteiger partial charge in [-0.15, -0.1) is 0 Å². The molecule has 0 amide bonds. The van der Waals surface area contributed by atoms with E-state index in [9.17, 15) is 13.6 Å². The van der Waals surface area contributed by atoms with Crippen LogP contribution in [0.3, 0.4) is 0 Å². The summed E-state index contributed by atoms with van der Waals surface area (Å²) in [5, 5.41) is 0.517. The fraction of sp³-hybridized carbons (Fsp3) is 0.0714. The Morgan fingerprint density at radius 1 is 1.06 bits per heavy atom. The van der Waals surface area contributed by atoms with Crippen molar-refractivity contribution in [1.29, 1.82) is 0 Å². The number of ketones is 1. The number of hydrogen-bond acceptors (Lipinski definition) is 1. The average Bonchev–Trinajstić information content (AvgIpc) is 2.36. The molecule has 2 aromatic carbocycles. The maximum absolute atomic E-state index is 13.4. The second-order valence-electron chi connectivity index (χ2n) is 3.82. The standard InChI is InChI=1S/C14H9ClF2O/c15-11-6-4-9(5-7-11)13(18)8-10-2-1-3-12(16)14(10)17/h1-7H,8H2. The van der Waals surface area contributed by atoms with Crippen LogP contribution in [0.5, 0.6) is 0 Å². The second kappa shape index (κ2) is 5.27. The Morgan fingerprint density at radius 3 is 2.39 bits per heavy atom. The van der Waals surface area contributed by atoms with Crippen LogP contribution in [0.4, 0.5) is 8.78 Å². The number of Topliss-reactive ketones (excluding diaryl/α,β-unsaturated/α-hetero) is 1. The SMILES string of the molecule is O=C(Cc1cccc(F)c1F)c1ccc(Cl)cc1. The molecule has 92 valence electrons. The van der Waals surface area contributed by atoms with Gasteiger partial charge < -0.3 is 0 Å². The molecule has 0 aromatic heterocycles. The van der Waals surface area contributed by atoms with Crippen LogP contribution in [0.2, 0.25) is 5.02 Å². The molecular weight excluding hydrogens is 258 g/mol. The van der Waals surface area contributed by atoms with Crippen LogP contribution >= 0.6 is 11.6 Å². The van der Waals surface area contributed by atoms with Crippen molar-refractivity contribution in [3.8, 4) is 0 Å². The zero-order valence-electron chi connectivity index (χ0n) is 9.29. The number of benzene rings is 2. The van der Waals surface area contributed by atoms with Gasteiger partial charge in [0.25, 0.3) is 0 Å². The van der Waals surface area contributed by atoms with Crippen LogP contribution in [0.25, 0.3) is 0 Å². The van der Waals surface area contributed by atoms with E-state index in [1.54, 1.807) is 24.3 Å². The zero-order valence-corrected chi connectivity index (χ0v) is 10.0. The Bertz CT molecular complexity index is 579. The Hall–Kier alpha value is -1.74. The first kappa shape index (κ1) is 12.7. The van der Waals surface area contributed by atoms with Gasteiger partial charge in [0, 0.05) is 17.0 Å². The molecule has 0 atom stereocenters. The lowest BCUT2D eigenvalue weighted by molar-refractivity contribution is 0.0991. The summed E-state index contributed by atoms with van der Waals surface area (Å²) in [4.78, 5) is 11.9. The topological polar surface area (TPSA) is 17.1 Å². The first-order valence-electron chi connectivity index (χ1n) is 5.29. The minimum Gasteiger partial charge on any atom is -0.294 e. The maximum Gasteiger partial charge on any atom is 0.167 e. The van der Waals surface area contributed by atoms with Gasteiger partial charge in [-0.05, 0) is 35.9 Å². The van der Waals surface area contributed by atoms with Crippen molar-refractivity contribution < 1.29 is 13.6 Å². The monoisotopic (exact) mass is 266 g/mol. The van der Waals surface area contributed by atoms with Gasteiger partial charge in [-0.25, -0.2) is 8.78 Å². The number of halogens is 3. The van der Waals surface area contributed by atoms with Crippen LogP contribution in [0.1, 0.15) is 15.9 Å². The fourth-order valence-electron chi connectivity index (χ4n) is 1.60. The van der Waals surface area contributed by atoms with E-state index < -0.39 is 11.6 Å². The molecule has 0 radical (unpaired) electrons. The zero-order chi connectivity index (χ0) is 13.1. The molecule has 0 spiro atoms. The molecule has 18 heavy (non-hydrogen) atoms. The molecule has 0 fully saturated rings. The summed E-state index contributed by atoms with van der Waals surface area (Å²) in [7, 11) is 0. The molecule has 4 heteroatoms. The van der Waals surface area contributed by atoms with Crippen molar-refractivity contribution in [2.75, 3.05) is 0 Å². The highest BCUT2D eigenvalue weighted by Gasteiger charge is 2.12. The summed E-state index contributed by atoms with van der Waals surface area (Å²) < 4.78 is 26.4. The minimum absolute atomic E-state index is 0.0509. The van der Waals surface area contributed by atoms with Gasteiger partial charge >= 0.3 is 0 Å². The summed E-state index contributed by atoms with van der Waals surface area (Å²) in [6.07, 6.45) is -0.175. The molecule has 0 aliphatic carbocycles. The summed E-state index contributed by atoms with van der Waals surface area (Å²) >= 11 is 5.70. The second-order valence-corrected chi connectivity index (χ2v) is 4.26. The molecule has 0 saturated heterocycles. The smallest absolute Gasteiger partial charge is 0.167 e. The van der Waals surface area contributed by atoms with Gasteiger partial charge in [0.2, 0.25) is 0 Å². The molecular formula is C14H9ClF2O. The highest BCUT2D eigenvalue weighted by molar-refractivity contribution is 6.30. The number of carbonyl (C=O) groups is 1.